The van der Waals surface area contributed by atoms with Crippen LogP contribution in [-0.2, 0) is 4.79 Å². The van der Waals surface area contributed by atoms with Crippen LogP contribution in [0.5, 0.6) is 0 Å². The van der Waals surface area contributed by atoms with Gasteiger partial charge in [0.1, 0.15) is 0 Å². The molecule has 2 aliphatic heterocycles. The van der Waals surface area contributed by atoms with Gasteiger partial charge in [0, 0.05) is 43.0 Å². The molecule has 10 nitrogen and oxygen atoms in total. The first-order valence-corrected chi connectivity index (χ1v) is 13.8. The number of urea groups is 1. The lowest BCUT2D eigenvalue weighted by Gasteiger charge is -2.53. The summed E-state index contributed by atoms with van der Waals surface area (Å²) in [6.45, 7) is 1.83. The summed E-state index contributed by atoms with van der Waals surface area (Å²) in [6.07, 6.45) is -0.534. The number of halogens is 3. The molecule has 3 aromatic rings. The maximum absolute atomic E-state index is 14.0. The summed E-state index contributed by atoms with van der Waals surface area (Å²) in [6, 6.07) is 8.27. The van der Waals surface area contributed by atoms with Crippen molar-refractivity contribution in [1.29, 1.82) is 0 Å². The molecule has 4 N–H and O–H groups in total. The number of pyridine rings is 1. The van der Waals surface area contributed by atoms with Crippen LogP contribution in [0.4, 0.5) is 23.7 Å². The Bertz CT molecular complexity index is 1500. The van der Waals surface area contributed by atoms with Crippen LogP contribution in [-0.4, -0.2) is 64.9 Å². The lowest BCUT2D eigenvalue weighted by molar-refractivity contribution is -0.193. The van der Waals surface area contributed by atoms with Crippen LogP contribution >= 0.6 is 11.3 Å². The van der Waals surface area contributed by atoms with Gasteiger partial charge in [-0.2, -0.15) is 13.2 Å². The lowest BCUT2D eigenvalue weighted by atomic mass is 9.64. The summed E-state index contributed by atoms with van der Waals surface area (Å²) in [5, 5.41) is 18.8. The highest BCUT2D eigenvalue weighted by molar-refractivity contribution is 7.17. The number of alkyl halides is 3. The molecule has 0 spiro atoms. The smallest absolute Gasteiger partial charge is 0.390 e. The predicted molar refractivity (Wildman–Crippen MR) is 150 cm³/mol. The fraction of sp³-hybridized carbons (Fsp3) is 0.370. The molecule has 0 radical (unpaired) electrons. The molecule has 216 valence electrons. The second-order valence-electron chi connectivity index (χ2n) is 9.87. The van der Waals surface area contributed by atoms with E-state index in [0.29, 0.717) is 16.9 Å². The minimum absolute atomic E-state index is 0.0598. The number of thiazole rings is 1. The van der Waals surface area contributed by atoms with Crippen LogP contribution < -0.4 is 20.9 Å². The summed E-state index contributed by atoms with van der Waals surface area (Å²) in [5.41, 5.74) is 1.78. The first-order chi connectivity index (χ1) is 19.6. The Morgan fingerprint density at radius 3 is 2.80 bits per heavy atom. The van der Waals surface area contributed by atoms with E-state index in [1.54, 1.807) is 49.1 Å². The topological polar surface area (TPSA) is 132 Å². The van der Waals surface area contributed by atoms with Crippen LogP contribution in [0.1, 0.15) is 19.8 Å². The molecule has 0 aliphatic carbocycles. The molecule has 3 atom stereocenters. The number of nitrogens with zero attached hydrogens (tertiary/aromatic N) is 4. The molecule has 2 aliphatic rings. The summed E-state index contributed by atoms with van der Waals surface area (Å²) in [5.74, 6) is -4.90. The van der Waals surface area contributed by atoms with Gasteiger partial charge < -0.3 is 20.6 Å². The van der Waals surface area contributed by atoms with E-state index < -0.39 is 41.7 Å². The Morgan fingerprint density at radius 2 is 2.10 bits per heavy atom. The maximum atomic E-state index is 14.0. The third-order valence-corrected chi connectivity index (χ3v) is 8.30. The van der Waals surface area contributed by atoms with Gasteiger partial charge in [0.25, 0.3) is 0 Å². The van der Waals surface area contributed by atoms with E-state index in [-0.39, 0.29) is 26.1 Å². The highest BCUT2D eigenvalue weighted by atomic mass is 32.1. The predicted octanol–water partition coefficient (Wildman–Crippen LogP) is 4.37. The van der Waals surface area contributed by atoms with E-state index in [1.165, 1.54) is 22.5 Å². The minimum Gasteiger partial charge on any atom is -0.481 e. The van der Waals surface area contributed by atoms with Crippen molar-refractivity contribution in [1.82, 2.24) is 25.9 Å². The Morgan fingerprint density at radius 1 is 1.27 bits per heavy atom. The van der Waals surface area contributed by atoms with E-state index in [2.05, 4.69) is 30.9 Å². The Kier molecular flexibility index (Phi) is 7.70. The number of rotatable bonds is 7. The molecular weight excluding hydrogens is 559 g/mol. The van der Waals surface area contributed by atoms with E-state index in [9.17, 15) is 27.9 Å². The molecule has 1 fully saturated rings. The normalized spacial score (nSPS) is 24.4. The summed E-state index contributed by atoms with van der Waals surface area (Å²) >= 11 is 1.41. The maximum Gasteiger partial charge on any atom is 0.390 e. The van der Waals surface area contributed by atoms with Crippen LogP contribution in [0.25, 0.3) is 21.5 Å². The molecule has 1 saturated heterocycles. The summed E-state index contributed by atoms with van der Waals surface area (Å²) in [4.78, 5) is 41.0. The number of carboxylic acids is 1. The number of carboxylic acid groups (broad SMARTS) is 1. The molecule has 0 saturated carbocycles. The fourth-order valence-electron chi connectivity index (χ4n) is 5.71. The molecule has 41 heavy (non-hydrogen) atoms. The molecule has 3 unspecified atom stereocenters. The first kappa shape index (κ1) is 28.5. The average Bonchev–Trinajstić information content (AvgIpc) is 3.41. The van der Waals surface area contributed by atoms with Crippen LogP contribution in [0.15, 0.2) is 59.3 Å². The van der Waals surface area contributed by atoms with Gasteiger partial charge in [-0.25, -0.2) is 14.8 Å². The molecule has 2 amide bonds. The van der Waals surface area contributed by atoms with Crippen molar-refractivity contribution in [2.24, 2.45) is 16.3 Å². The first-order valence-electron chi connectivity index (χ1n) is 13.0. The van der Waals surface area contributed by atoms with Gasteiger partial charge in [-0.05, 0) is 50.2 Å². The zero-order chi connectivity index (χ0) is 29.3. The van der Waals surface area contributed by atoms with Crippen molar-refractivity contribution >= 4 is 45.5 Å². The number of aromatic nitrogens is 2. The summed E-state index contributed by atoms with van der Waals surface area (Å²) < 4.78 is 42.9. The van der Waals surface area contributed by atoms with E-state index in [0.717, 1.165) is 10.3 Å². The molecule has 1 aromatic carbocycles. The third-order valence-electron chi connectivity index (χ3n) is 7.42. The van der Waals surface area contributed by atoms with Crippen LogP contribution in [0.2, 0.25) is 0 Å². The Balaban J connectivity index is 1.74. The van der Waals surface area contributed by atoms with E-state index in [4.69, 9.17) is 0 Å². The Hall–Kier alpha value is -4.04. The SMILES string of the molecule is CCNC(=O)NC1(C2CNCCC2(CC(F)(F)F)C(=O)O)N=CC=CN1c1cc(-c2ccccn2)c2scnc2c1. The fourth-order valence-corrected chi connectivity index (χ4v) is 6.51. The number of amides is 2. The van der Waals surface area contributed by atoms with Crippen molar-refractivity contribution in [3.63, 3.8) is 0 Å². The largest absolute Gasteiger partial charge is 0.481 e. The highest BCUT2D eigenvalue weighted by Gasteiger charge is 2.63. The highest BCUT2D eigenvalue weighted by Crippen LogP contribution is 2.51. The lowest BCUT2D eigenvalue weighted by Crippen LogP contribution is -2.72. The standard InChI is InChI=1S/C27H28F3N7O3S/c1-2-32-24(40)36-27(21-14-31-10-7-25(21,23(38)39)15-26(28,29)30)35-9-5-11-37(27)17-12-18(19-6-3-4-8-33-19)22-20(13-17)34-16-41-22/h3-6,8-9,11-13,16,21,31H,2,7,10,14-15H2,1H3,(H,38,39)(H2,32,36,40). The number of aliphatic carboxylic acids is 1. The number of allylic oxidation sites excluding steroid dienone is 1. The van der Waals surface area contributed by atoms with E-state index in [1.807, 2.05) is 12.1 Å². The van der Waals surface area contributed by atoms with Gasteiger partial charge in [-0.15, -0.1) is 11.3 Å². The van der Waals surface area contributed by atoms with Crippen LogP contribution in [0, 0.1) is 11.3 Å². The number of aliphatic imine (C=N–C) groups is 1. The molecule has 4 heterocycles. The van der Waals surface area contributed by atoms with Crippen molar-refractivity contribution in [2.75, 3.05) is 24.5 Å². The van der Waals surface area contributed by atoms with E-state index >= 15 is 0 Å². The zero-order valence-electron chi connectivity index (χ0n) is 22.0. The number of carbonyl (C=O) groups excluding carboxylic acids is 1. The zero-order valence-corrected chi connectivity index (χ0v) is 22.8. The number of hydrogen-bond donors (Lipinski definition) is 4. The molecule has 0 bridgehead atoms. The summed E-state index contributed by atoms with van der Waals surface area (Å²) in [7, 11) is 0. The minimum atomic E-state index is -4.79. The van der Waals surface area contributed by atoms with Crippen molar-refractivity contribution < 1.29 is 27.9 Å². The number of nitrogens with one attached hydrogen (secondary N) is 3. The number of anilines is 1. The van der Waals surface area contributed by atoms with Gasteiger partial charge >= 0.3 is 18.2 Å². The quantitative estimate of drug-likeness (QED) is 0.323. The number of piperidine rings is 1. The Labute approximate surface area is 237 Å². The molecule has 2 aromatic heterocycles. The van der Waals surface area contributed by atoms with Gasteiger partial charge in [0.2, 0.25) is 5.79 Å². The van der Waals surface area contributed by atoms with Crippen molar-refractivity contribution in [3.8, 4) is 11.3 Å². The van der Waals surface area contributed by atoms with Crippen LogP contribution in [0.3, 0.4) is 0 Å². The molecule has 14 heteroatoms. The van der Waals surface area contributed by atoms with Gasteiger partial charge in [-0.1, -0.05) is 6.07 Å². The molecular formula is C27H28F3N7O3S. The third kappa shape index (κ3) is 5.36. The molecule has 5 rings (SSSR count). The van der Waals surface area contributed by atoms with Gasteiger partial charge in [0.15, 0.2) is 0 Å². The average molecular weight is 588 g/mol. The number of benzene rings is 1. The number of carbonyl (C=O) groups is 2. The van der Waals surface area contributed by atoms with Crippen molar-refractivity contribution in [2.45, 2.75) is 31.7 Å². The number of fused-ring (bicyclic) bond motifs is 1. The second-order valence-corrected chi connectivity index (χ2v) is 10.7. The second kappa shape index (κ2) is 11.1. The monoisotopic (exact) mass is 587 g/mol. The van der Waals surface area contributed by atoms with Crippen molar-refractivity contribution in [3.05, 3.63) is 54.3 Å². The number of hydrogen-bond acceptors (Lipinski definition) is 8. The van der Waals surface area contributed by atoms with Gasteiger partial charge in [0.05, 0.1) is 39.2 Å². The van der Waals surface area contributed by atoms with Gasteiger partial charge in [-0.3, -0.25) is 15.1 Å².